The quantitative estimate of drug-likeness (QED) is 0.843. The number of sulfonamides is 1. The molecule has 0 aliphatic carbocycles. The van der Waals surface area contributed by atoms with E-state index < -0.39 is 22.1 Å². The van der Waals surface area contributed by atoms with Crippen LogP contribution in [-0.2, 0) is 14.8 Å². The maximum absolute atomic E-state index is 12.3. The average molecular weight is 374 g/mol. The Morgan fingerprint density at radius 1 is 1.08 bits per heavy atom. The van der Waals surface area contributed by atoms with Crippen molar-refractivity contribution in [2.75, 3.05) is 17.1 Å². The zero-order valence-electron chi connectivity index (χ0n) is 12.8. The summed E-state index contributed by atoms with van der Waals surface area (Å²) in [6.45, 7) is 0. The molecule has 6 nitrogen and oxygen atoms in total. The minimum absolute atomic E-state index is 0.228. The third-order valence-corrected chi connectivity index (χ3v) is 4.39. The first-order valence-electron chi connectivity index (χ1n) is 6.77. The van der Waals surface area contributed by atoms with E-state index in [4.69, 9.17) is 4.74 Å². The summed E-state index contributed by atoms with van der Waals surface area (Å²) in [5.41, 5.74) is 0.0133. The summed E-state index contributed by atoms with van der Waals surface area (Å²) in [6, 6.07) is 11.1. The second-order valence-corrected chi connectivity index (χ2v) is 6.47. The number of rotatable bonds is 5. The lowest BCUT2D eigenvalue weighted by molar-refractivity contribution is -0.167. The van der Waals surface area contributed by atoms with Crippen LogP contribution >= 0.6 is 0 Å². The molecule has 0 saturated carbocycles. The van der Waals surface area contributed by atoms with E-state index in [1.54, 1.807) is 23.5 Å². The largest absolute Gasteiger partial charge is 0.495 e. The Balaban J connectivity index is 2.30. The fourth-order valence-corrected chi connectivity index (χ4v) is 2.93. The number of alkyl halides is 3. The zero-order chi connectivity index (χ0) is 18.7. The number of anilines is 2. The molecule has 0 radical (unpaired) electrons. The molecule has 2 aromatic carbocycles. The first kappa shape index (κ1) is 18.6. The third-order valence-electron chi connectivity index (χ3n) is 3.01. The topological polar surface area (TPSA) is 84.5 Å². The number of nitrogens with one attached hydrogen (secondary N) is 2. The van der Waals surface area contributed by atoms with Gasteiger partial charge in [0.25, 0.3) is 10.0 Å². The first-order chi connectivity index (χ1) is 11.6. The van der Waals surface area contributed by atoms with Crippen molar-refractivity contribution in [1.82, 2.24) is 0 Å². The molecule has 134 valence electrons. The summed E-state index contributed by atoms with van der Waals surface area (Å²) >= 11 is 0. The van der Waals surface area contributed by atoms with Gasteiger partial charge in [0.05, 0.1) is 17.7 Å². The summed E-state index contributed by atoms with van der Waals surface area (Å²) in [5.74, 6) is -2.42. The minimum Gasteiger partial charge on any atom is -0.495 e. The summed E-state index contributed by atoms with van der Waals surface area (Å²) in [5, 5.41) is 1.63. The van der Waals surface area contributed by atoms with Gasteiger partial charge in [-0.3, -0.25) is 9.52 Å². The number of methoxy groups -OCH3 is 1. The van der Waals surface area contributed by atoms with Gasteiger partial charge in [-0.15, -0.1) is 0 Å². The van der Waals surface area contributed by atoms with Crippen molar-refractivity contribution in [3.05, 3.63) is 48.5 Å². The van der Waals surface area contributed by atoms with E-state index in [0.717, 1.165) is 25.3 Å². The number of benzene rings is 2. The van der Waals surface area contributed by atoms with Crippen LogP contribution < -0.4 is 14.8 Å². The number of hydrogen-bond donors (Lipinski definition) is 2. The van der Waals surface area contributed by atoms with Gasteiger partial charge in [-0.25, -0.2) is 8.42 Å². The molecule has 0 unspecified atom stereocenters. The predicted molar refractivity (Wildman–Crippen MR) is 84.9 cm³/mol. The molecule has 2 rings (SSSR count). The van der Waals surface area contributed by atoms with Crippen molar-refractivity contribution in [1.29, 1.82) is 0 Å². The minimum atomic E-state index is -5.08. The van der Waals surface area contributed by atoms with Crippen LogP contribution in [0, 0.1) is 0 Å². The first-order valence-corrected chi connectivity index (χ1v) is 8.26. The number of ether oxygens (including phenoxy) is 1. The van der Waals surface area contributed by atoms with Crippen LogP contribution in [0.25, 0.3) is 0 Å². The number of carbonyl (C=O) groups is 1. The lowest BCUT2D eigenvalue weighted by Crippen LogP contribution is -2.30. The monoisotopic (exact) mass is 374 g/mol. The van der Waals surface area contributed by atoms with Gasteiger partial charge in [0.1, 0.15) is 5.75 Å². The Kier molecular flexibility index (Phi) is 5.21. The van der Waals surface area contributed by atoms with Crippen LogP contribution in [0.5, 0.6) is 5.75 Å². The maximum Gasteiger partial charge on any atom is 0.471 e. The van der Waals surface area contributed by atoms with Crippen LogP contribution in [0.1, 0.15) is 0 Å². The molecule has 0 spiro atoms. The van der Waals surface area contributed by atoms with Gasteiger partial charge >= 0.3 is 12.1 Å². The Morgan fingerprint density at radius 3 is 2.28 bits per heavy atom. The fourth-order valence-electron chi connectivity index (χ4n) is 1.86. The molecule has 10 heteroatoms. The Hall–Kier alpha value is -2.75. The Bertz CT molecular complexity index is 868. The van der Waals surface area contributed by atoms with Crippen LogP contribution in [0.4, 0.5) is 24.5 Å². The van der Waals surface area contributed by atoms with Crippen molar-refractivity contribution in [3.63, 3.8) is 0 Å². The molecule has 0 bridgehead atoms. The molecule has 0 fully saturated rings. The summed E-state index contributed by atoms with van der Waals surface area (Å²) in [4.78, 5) is 10.8. The normalized spacial score (nSPS) is 11.7. The highest BCUT2D eigenvalue weighted by Gasteiger charge is 2.39. The van der Waals surface area contributed by atoms with E-state index in [9.17, 15) is 26.4 Å². The number of hydrogen-bond acceptors (Lipinski definition) is 4. The Morgan fingerprint density at radius 2 is 1.72 bits per heavy atom. The molecule has 1 amide bonds. The van der Waals surface area contributed by atoms with Gasteiger partial charge in [-0.1, -0.05) is 18.2 Å². The summed E-state index contributed by atoms with van der Waals surface area (Å²) in [6.07, 6.45) is -5.08. The molecule has 25 heavy (non-hydrogen) atoms. The van der Waals surface area contributed by atoms with E-state index >= 15 is 0 Å². The predicted octanol–water partition coefficient (Wildman–Crippen LogP) is 3.00. The second kappa shape index (κ2) is 7.01. The van der Waals surface area contributed by atoms with E-state index in [0.29, 0.717) is 5.69 Å². The SMILES string of the molecule is COc1cc(S(=O)(=O)Nc2ccccc2)ccc1NC(=O)C(F)(F)F. The van der Waals surface area contributed by atoms with Crippen molar-refractivity contribution in [2.24, 2.45) is 0 Å². The van der Waals surface area contributed by atoms with Gasteiger partial charge in [-0.05, 0) is 24.3 Å². The van der Waals surface area contributed by atoms with E-state index in [1.807, 2.05) is 0 Å². The summed E-state index contributed by atoms with van der Waals surface area (Å²) in [7, 11) is -2.85. The molecule has 2 N–H and O–H groups in total. The zero-order valence-corrected chi connectivity index (χ0v) is 13.6. The lowest BCUT2D eigenvalue weighted by Gasteiger charge is -2.14. The third kappa shape index (κ3) is 4.63. The highest BCUT2D eigenvalue weighted by atomic mass is 32.2. The van der Waals surface area contributed by atoms with Gasteiger partial charge < -0.3 is 10.1 Å². The van der Waals surface area contributed by atoms with Crippen LogP contribution in [0.15, 0.2) is 53.4 Å². The molecule has 0 atom stereocenters. The van der Waals surface area contributed by atoms with Crippen LogP contribution in [-0.4, -0.2) is 27.6 Å². The van der Waals surface area contributed by atoms with Gasteiger partial charge in [0, 0.05) is 11.8 Å². The van der Waals surface area contributed by atoms with Crippen molar-refractivity contribution in [2.45, 2.75) is 11.1 Å². The highest BCUT2D eigenvalue weighted by Crippen LogP contribution is 2.30. The number of halogens is 3. The molecule has 0 heterocycles. The molecular formula is C15H13F3N2O4S. The molecular weight excluding hydrogens is 361 g/mol. The van der Waals surface area contributed by atoms with Gasteiger partial charge in [-0.2, -0.15) is 13.2 Å². The van der Waals surface area contributed by atoms with Gasteiger partial charge in [0.15, 0.2) is 0 Å². The molecule has 2 aromatic rings. The van der Waals surface area contributed by atoms with Crippen molar-refractivity contribution >= 4 is 27.3 Å². The van der Waals surface area contributed by atoms with Crippen molar-refractivity contribution < 1.29 is 31.1 Å². The summed E-state index contributed by atoms with van der Waals surface area (Å²) < 4.78 is 68.8. The second-order valence-electron chi connectivity index (χ2n) is 4.79. The van der Waals surface area contributed by atoms with E-state index in [2.05, 4.69) is 4.72 Å². The van der Waals surface area contributed by atoms with E-state index in [1.165, 1.54) is 12.1 Å². The van der Waals surface area contributed by atoms with Crippen LogP contribution in [0.3, 0.4) is 0 Å². The molecule has 0 aliphatic heterocycles. The standard InChI is InChI=1S/C15H13F3N2O4S/c1-24-13-9-11(7-8-12(13)19-14(21)15(16,17)18)25(22,23)20-10-5-3-2-4-6-10/h2-9,20H,1H3,(H,19,21). The fraction of sp³-hybridized carbons (Fsp3) is 0.133. The van der Waals surface area contributed by atoms with Crippen LogP contribution in [0.2, 0.25) is 0 Å². The molecule has 0 saturated heterocycles. The number of carbonyl (C=O) groups excluding carboxylic acids is 1. The molecule has 0 aliphatic rings. The van der Waals surface area contributed by atoms with E-state index in [-0.39, 0.29) is 16.3 Å². The highest BCUT2D eigenvalue weighted by molar-refractivity contribution is 7.92. The maximum atomic E-state index is 12.3. The number of para-hydroxylation sites is 1. The lowest BCUT2D eigenvalue weighted by atomic mass is 10.3. The number of amides is 1. The Labute approximate surface area is 141 Å². The average Bonchev–Trinajstić information content (AvgIpc) is 2.54. The van der Waals surface area contributed by atoms with Gasteiger partial charge in [0.2, 0.25) is 0 Å². The smallest absolute Gasteiger partial charge is 0.471 e. The van der Waals surface area contributed by atoms with Crippen molar-refractivity contribution in [3.8, 4) is 5.75 Å². The molecule has 0 aromatic heterocycles.